The van der Waals surface area contributed by atoms with E-state index in [0.717, 1.165) is 16.9 Å². The Hall–Kier alpha value is -1.75. The van der Waals surface area contributed by atoms with Gasteiger partial charge in [0.05, 0.1) is 11.0 Å². The summed E-state index contributed by atoms with van der Waals surface area (Å²) in [6.45, 7) is 2.08. The molecule has 2 heteroatoms. The van der Waals surface area contributed by atoms with Gasteiger partial charge < -0.3 is 4.57 Å². The predicted molar refractivity (Wildman–Crippen MR) is 65.3 cm³/mol. The molecule has 0 N–H and O–H groups in total. The Labute approximate surface area is 95.3 Å². The minimum atomic E-state index is 0.637. The van der Waals surface area contributed by atoms with Crippen LogP contribution < -0.4 is 0 Å². The maximum Gasteiger partial charge on any atom is 0.106 e. The molecule has 1 heterocycles. The first kappa shape index (κ1) is 9.47. The lowest BCUT2D eigenvalue weighted by Gasteiger charge is -2.28. The van der Waals surface area contributed by atoms with Crippen LogP contribution in [0.2, 0.25) is 0 Å². The number of aromatic nitrogens is 2. The van der Waals surface area contributed by atoms with E-state index in [1.807, 2.05) is 12.1 Å². The monoisotopic (exact) mass is 210 g/mol. The van der Waals surface area contributed by atoms with E-state index in [9.17, 15) is 0 Å². The highest BCUT2D eigenvalue weighted by Crippen LogP contribution is 2.35. The lowest BCUT2D eigenvalue weighted by atomic mass is 9.92. The van der Waals surface area contributed by atoms with E-state index in [-0.39, 0.29) is 0 Å². The van der Waals surface area contributed by atoms with Crippen molar-refractivity contribution in [3.63, 3.8) is 0 Å². The topological polar surface area (TPSA) is 17.8 Å². The number of hydrogen-bond donors (Lipinski definition) is 0. The highest BCUT2D eigenvalue weighted by Gasteiger charge is 2.22. The zero-order chi connectivity index (χ0) is 11.1. The van der Waals surface area contributed by atoms with Gasteiger partial charge in [-0.1, -0.05) is 5.92 Å². The van der Waals surface area contributed by atoms with Crippen molar-refractivity contribution < 1.29 is 0 Å². The van der Waals surface area contributed by atoms with Crippen LogP contribution in [0.25, 0.3) is 11.0 Å². The third-order valence-electron chi connectivity index (χ3n) is 3.47. The van der Waals surface area contributed by atoms with Crippen LogP contribution in [-0.2, 0) is 0 Å². The molecule has 1 saturated carbocycles. The molecule has 0 aliphatic heterocycles. The molecule has 0 spiro atoms. The zero-order valence-corrected chi connectivity index (χ0v) is 9.40. The summed E-state index contributed by atoms with van der Waals surface area (Å²) < 4.78 is 2.35. The normalized spacial score (nSPS) is 16.0. The average Bonchev–Trinajstić information content (AvgIpc) is 2.53. The number of terminal acetylenes is 1. The first-order chi connectivity index (χ1) is 7.79. The van der Waals surface area contributed by atoms with E-state index in [4.69, 9.17) is 6.42 Å². The molecule has 80 valence electrons. The first-order valence-corrected chi connectivity index (χ1v) is 5.75. The second-order valence-corrected chi connectivity index (χ2v) is 4.46. The van der Waals surface area contributed by atoms with Crippen molar-refractivity contribution in [2.75, 3.05) is 0 Å². The summed E-state index contributed by atoms with van der Waals surface area (Å²) in [4.78, 5) is 4.59. The molecular weight excluding hydrogens is 196 g/mol. The van der Waals surface area contributed by atoms with Gasteiger partial charge in [0.15, 0.2) is 0 Å². The molecule has 2 aromatic rings. The molecular formula is C14H14N2. The van der Waals surface area contributed by atoms with Crippen molar-refractivity contribution in [1.82, 2.24) is 9.55 Å². The van der Waals surface area contributed by atoms with Crippen LogP contribution in [0.4, 0.5) is 0 Å². The average molecular weight is 210 g/mol. The van der Waals surface area contributed by atoms with Crippen molar-refractivity contribution in [2.45, 2.75) is 32.2 Å². The Kier molecular flexibility index (Phi) is 2.00. The molecule has 1 aliphatic rings. The number of benzene rings is 1. The lowest BCUT2D eigenvalue weighted by molar-refractivity contribution is 0.316. The molecule has 3 rings (SSSR count). The van der Waals surface area contributed by atoms with Gasteiger partial charge in [0.2, 0.25) is 0 Å². The Morgan fingerprint density at radius 1 is 1.44 bits per heavy atom. The van der Waals surface area contributed by atoms with Crippen molar-refractivity contribution in [1.29, 1.82) is 0 Å². The minimum Gasteiger partial charge on any atom is -0.325 e. The van der Waals surface area contributed by atoms with Gasteiger partial charge in [-0.2, -0.15) is 0 Å². The Bertz CT molecular complexity index is 583. The fraction of sp³-hybridized carbons (Fsp3) is 0.357. The number of hydrogen-bond acceptors (Lipinski definition) is 1. The molecule has 0 bridgehead atoms. The van der Waals surface area contributed by atoms with Crippen LogP contribution in [-0.4, -0.2) is 9.55 Å². The van der Waals surface area contributed by atoms with Crippen LogP contribution in [0.3, 0.4) is 0 Å². The van der Waals surface area contributed by atoms with Crippen LogP contribution in [0.15, 0.2) is 18.2 Å². The Morgan fingerprint density at radius 2 is 2.25 bits per heavy atom. The number of rotatable bonds is 1. The van der Waals surface area contributed by atoms with Gasteiger partial charge in [-0.15, -0.1) is 6.42 Å². The van der Waals surface area contributed by atoms with Crippen LogP contribution in [0.1, 0.15) is 36.7 Å². The van der Waals surface area contributed by atoms with E-state index in [1.54, 1.807) is 0 Å². The summed E-state index contributed by atoms with van der Waals surface area (Å²) in [6.07, 6.45) is 9.31. The van der Waals surface area contributed by atoms with Gasteiger partial charge in [-0.3, -0.25) is 0 Å². The Morgan fingerprint density at radius 3 is 2.88 bits per heavy atom. The predicted octanol–water partition coefficient (Wildman–Crippen LogP) is 3.05. The number of imidazole rings is 1. The summed E-state index contributed by atoms with van der Waals surface area (Å²) in [5.41, 5.74) is 3.19. The van der Waals surface area contributed by atoms with Crippen molar-refractivity contribution in [3.05, 3.63) is 29.6 Å². The first-order valence-electron chi connectivity index (χ1n) is 5.75. The summed E-state index contributed by atoms with van der Waals surface area (Å²) in [6, 6.07) is 6.69. The minimum absolute atomic E-state index is 0.637. The summed E-state index contributed by atoms with van der Waals surface area (Å²) in [5, 5.41) is 0. The molecule has 16 heavy (non-hydrogen) atoms. The molecule has 0 unspecified atom stereocenters. The summed E-state index contributed by atoms with van der Waals surface area (Å²) >= 11 is 0. The second kappa shape index (κ2) is 3.38. The smallest absolute Gasteiger partial charge is 0.106 e. The highest BCUT2D eigenvalue weighted by molar-refractivity contribution is 5.78. The van der Waals surface area contributed by atoms with Crippen LogP contribution in [0.5, 0.6) is 0 Å². The number of fused-ring (bicyclic) bond motifs is 1. The van der Waals surface area contributed by atoms with E-state index in [1.165, 1.54) is 24.8 Å². The molecule has 0 atom stereocenters. The lowest BCUT2D eigenvalue weighted by Crippen LogP contribution is -2.17. The second-order valence-electron chi connectivity index (χ2n) is 4.46. The van der Waals surface area contributed by atoms with Crippen molar-refractivity contribution >= 4 is 11.0 Å². The molecule has 0 radical (unpaired) electrons. The Balaban J connectivity index is 2.24. The van der Waals surface area contributed by atoms with Gasteiger partial charge in [0.25, 0.3) is 0 Å². The standard InChI is InChI=1S/C14H14N2/c1-3-11-7-8-13-14(9-11)16(10(2)15-13)12-5-4-6-12/h1,7-9,12H,4-6H2,2H3. The SMILES string of the molecule is C#Cc1ccc2nc(C)n(C3CCC3)c2c1. The van der Waals surface area contributed by atoms with Gasteiger partial charge >= 0.3 is 0 Å². The van der Waals surface area contributed by atoms with E-state index >= 15 is 0 Å². The fourth-order valence-corrected chi connectivity index (χ4v) is 2.41. The van der Waals surface area contributed by atoms with E-state index in [2.05, 4.69) is 28.5 Å². The largest absolute Gasteiger partial charge is 0.325 e. The van der Waals surface area contributed by atoms with Crippen LogP contribution in [0, 0.1) is 19.3 Å². The maximum absolute atomic E-state index is 5.44. The molecule has 1 fully saturated rings. The molecule has 0 saturated heterocycles. The maximum atomic E-state index is 5.44. The van der Waals surface area contributed by atoms with E-state index in [0.29, 0.717) is 6.04 Å². The molecule has 1 aromatic heterocycles. The number of aryl methyl sites for hydroxylation is 1. The van der Waals surface area contributed by atoms with E-state index < -0.39 is 0 Å². The number of nitrogens with zero attached hydrogens (tertiary/aromatic N) is 2. The quantitative estimate of drug-likeness (QED) is 0.661. The highest BCUT2D eigenvalue weighted by atomic mass is 15.1. The molecule has 2 nitrogen and oxygen atoms in total. The van der Waals surface area contributed by atoms with Gasteiger partial charge in [-0.25, -0.2) is 4.98 Å². The van der Waals surface area contributed by atoms with Gasteiger partial charge in [0, 0.05) is 11.6 Å². The van der Waals surface area contributed by atoms with Gasteiger partial charge in [-0.05, 0) is 44.4 Å². The van der Waals surface area contributed by atoms with Crippen LogP contribution >= 0.6 is 0 Å². The van der Waals surface area contributed by atoms with Gasteiger partial charge in [0.1, 0.15) is 5.82 Å². The molecule has 1 aromatic carbocycles. The fourth-order valence-electron chi connectivity index (χ4n) is 2.41. The third-order valence-corrected chi connectivity index (χ3v) is 3.47. The summed E-state index contributed by atoms with van der Waals surface area (Å²) in [5.74, 6) is 3.79. The zero-order valence-electron chi connectivity index (χ0n) is 9.40. The molecule has 1 aliphatic carbocycles. The molecule has 0 amide bonds. The summed E-state index contributed by atoms with van der Waals surface area (Å²) in [7, 11) is 0. The van der Waals surface area contributed by atoms with Crippen molar-refractivity contribution in [2.24, 2.45) is 0 Å². The van der Waals surface area contributed by atoms with Crippen molar-refractivity contribution in [3.8, 4) is 12.3 Å². The third kappa shape index (κ3) is 1.25.